The first-order chi connectivity index (χ1) is 12.6. The van der Waals surface area contributed by atoms with Crippen molar-refractivity contribution in [2.24, 2.45) is 0 Å². The molecule has 26 heavy (non-hydrogen) atoms. The van der Waals surface area contributed by atoms with Crippen molar-refractivity contribution in [1.82, 2.24) is 19.8 Å². The number of benzene rings is 1. The minimum Gasteiger partial charge on any atom is -0.493 e. The van der Waals surface area contributed by atoms with E-state index in [9.17, 15) is 4.79 Å². The fourth-order valence-electron chi connectivity index (χ4n) is 2.74. The van der Waals surface area contributed by atoms with Gasteiger partial charge in [-0.25, -0.2) is 9.97 Å². The first-order valence-electron chi connectivity index (χ1n) is 8.39. The molecule has 2 heterocycles. The van der Waals surface area contributed by atoms with Crippen LogP contribution < -0.4 is 14.8 Å². The number of anilines is 2. The van der Waals surface area contributed by atoms with Gasteiger partial charge in [0, 0.05) is 37.9 Å². The lowest BCUT2D eigenvalue weighted by Gasteiger charge is -2.32. The van der Waals surface area contributed by atoms with E-state index in [0.29, 0.717) is 36.1 Å². The molecule has 0 atom stereocenters. The summed E-state index contributed by atoms with van der Waals surface area (Å²) in [4.78, 5) is 25.1. The Kier molecular flexibility index (Phi) is 5.52. The maximum Gasteiger partial charge on any atom is 0.274 e. The standard InChI is InChI=1S/C18H23N5O3/c1-22-6-8-23(9-7-22)18(24)14-11-20-17(12-19-14)21-13-4-5-15(25-2)16(10-13)26-3/h4-5,10-12H,6-9H2,1-3H3,(H,20,21). The van der Waals surface area contributed by atoms with Crippen LogP contribution in [0.15, 0.2) is 30.6 Å². The van der Waals surface area contributed by atoms with E-state index in [1.54, 1.807) is 26.5 Å². The van der Waals surface area contributed by atoms with Crippen LogP contribution in [0.5, 0.6) is 11.5 Å². The van der Waals surface area contributed by atoms with Crippen molar-refractivity contribution in [1.29, 1.82) is 0 Å². The molecule has 0 radical (unpaired) electrons. The number of hydrogen-bond acceptors (Lipinski definition) is 7. The minimum absolute atomic E-state index is 0.0803. The van der Waals surface area contributed by atoms with Crippen LogP contribution in [0.25, 0.3) is 0 Å². The van der Waals surface area contributed by atoms with Gasteiger partial charge >= 0.3 is 0 Å². The second-order valence-electron chi connectivity index (χ2n) is 6.08. The number of carbonyl (C=O) groups is 1. The highest BCUT2D eigenvalue weighted by Crippen LogP contribution is 2.30. The lowest BCUT2D eigenvalue weighted by molar-refractivity contribution is 0.0658. The maximum absolute atomic E-state index is 12.5. The van der Waals surface area contributed by atoms with Crippen LogP contribution in [0.1, 0.15) is 10.5 Å². The molecular formula is C18H23N5O3. The molecule has 0 saturated carbocycles. The molecule has 8 nitrogen and oxygen atoms in total. The molecule has 1 amide bonds. The van der Waals surface area contributed by atoms with Gasteiger partial charge in [0.2, 0.25) is 0 Å². The van der Waals surface area contributed by atoms with Gasteiger partial charge in [-0.1, -0.05) is 0 Å². The molecule has 1 aromatic heterocycles. The molecule has 1 fully saturated rings. The third kappa shape index (κ3) is 4.02. The van der Waals surface area contributed by atoms with Crippen LogP contribution in [0.3, 0.4) is 0 Å². The number of rotatable bonds is 5. The molecule has 0 bridgehead atoms. The number of ether oxygens (including phenoxy) is 2. The lowest BCUT2D eigenvalue weighted by atomic mass is 10.2. The van der Waals surface area contributed by atoms with E-state index < -0.39 is 0 Å². The first kappa shape index (κ1) is 17.9. The molecule has 138 valence electrons. The molecule has 0 aliphatic carbocycles. The Labute approximate surface area is 152 Å². The second kappa shape index (κ2) is 8.01. The average molecular weight is 357 g/mol. The van der Waals surface area contributed by atoms with Gasteiger partial charge in [-0.2, -0.15) is 0 Å². The Morgan fingerprint density at radius 1 is 1.04 bits per heavy atom. The van der Waals surface area contributed by atoms with Crippen LogP contribution >= 0.6 is 0 Å². The summed E-state index contributed by atoms with van der Waals surface area (Å²) in [6, 6.07) is 5.47. The van der Waals surface area contributed by atoms with E-state index in [4.69, 9.17) is 9.47 Å². The van der Waals surface area contributed by atoms with Crippen molar-refractivity contribution >= 4 is 17.4 Å². The lowest BCUT2D eigenvalue weighted by Crippen LogP contribution is -2.47. The number of nitrogens with one attached hydrogen (secondary N) is 1. The third-order valence-corrected chi connectivity index (χ3v) is 4.32. The summed E-state index contributed by atoms with van der Waals surface area (Å²) in [5.41, 5.74) is 1.14. The van der Waals surface area contributed by atoms with Gasteiger partial charge in [0.1, 0.15) is 11.5 Å². The Morgan fingerprint density at radius 3 is 2.38 bits per heavy atom. The quantitative estimate of drug-likeness (QED) is 0.871. The highest BCUT2D eigenvalue weighted by molar-refractivity contribution is 5.92. The Balaban J connectivity index is 1.67. The summed E-state index contributed by atoms with van der Waals surface area (Å²) in [5.74, 6) is 1.74. The van der Waals surface area contributed by atoms with Gasteiger partial charge in [0.15, 0.2) is 11.5 Å². The zero-order valence-corrected chi connectivity index (χ0v) is 15.2. The molecule has 8 heteroatoms. The molecule has 0 spiro atoms. The minimum atomic E-state index is -0.0803. The number of carbonyl (C=O) groups excluding carboxylic acids is 1. The van der Waals surface area contributed by atoms with Crippen molar-refractivity contribution in [3.05, 3.63) is 36.3 Å². The zero-order valence-electron chi connectivity index (χ0n) is 15.2. The molecular weight excluding hydrogens is 334 g/mol. The third-order valence-electron chi connectivity index (χ3n) is 4.32. The van der Waals surface area contributed by atoms with Gasteiger partial charge in [-0.3, -0.25) is 4.79 Å². The summed E-state index contributed by atoms with van der Waals surface area (Å²) in [6.45, 7) is 3.17. The maximum atomic E-state index is 12.5. The van der Waals surface area contributed by atoms with E-state index in [1.165, 1.54) is 6.20 Å². The van der Waals surface area contributed by atoms with E-state index in [2.05, 4.69) is 27.2 Å². The van der Waals surface area contributed by atoms with Crippen LogP contribution in [-0.4, -0.2) is 73.1 Å². The molecule has 0 unspecified atom stereocenters. The van der Waals surface area contributed by atoms with Crippen molar-refractivity contribution in [2.45, 2.75) is 0 Å². The zero-order chi connectivity index (χ0) is 18.5. The van der Waals surface area contributed by atoms with Crippen molar-refractivity contribution < 1.29 is 14.3 Å². The summed E-state index contributed by atoms with van der Waals surface area (Å²) in [7, 11) is 5.23. The van der Waals surface area contributed by atoms with Gasteiger partial charge in [-0.05, 0) is 19.2 Å². The summed E-state index contributed by atoms with van der Waals surface area (Å²) < 4.78 is 10.5. The van der Waals surface area contributed by atoms with Crippen LogP contribution in [0, 0.1) is 0 Å². The van der Waals surface area contributed by atoms with Crippen molar-refractivity contribution in [2.75, 3.05) is 52.8 Å². The van der Waals surface area contributed by atoms with Gasteiger partial charge < -0.3 is 24.6 Å². The molecule has 1 saturated heterocycles. The molecule has 1 aliphatic heterocycles. The topological polar surface area (TPSA) is 79.8 Å². The first-order valence-corrected chi connectivity index (χ1v) is 8.39. The molecule has 3 rings (SSSR count). The van der Waals surface area contributed by atoms with Crippen molar-refractivity contribution in [3.8, 4) is 11.5 Å². The number of amides is 1. The number of likely N-dealkylation sites (N-methyl/N-ethyl adjacent to an activating group) is 1. The molecule has 1 aromatic carbocycles. The Bertz CT molecular complexity index is 758. The van der Waals surface area contributed by atoms with E-state index in [-0.39, 0.29) is 5.91 Å². The summed E-state index contributed by atoms with van der Waals surface area (Å²) >= 11 is 0. The van der Waals surface area contributed by atoms with Crippen LogP contribution in [0.2, 0.25) is 0 Å². The largest absolute Gasteiger partial charge is 0.493 e. The average Bonchev–Trinajstić information content (AvgIpc) is 2.68. The highest BCUT2D eigenvalue weighted by Gasteiger charge is 2.21. The predicted molar refractivity (Wildman–Crippen MR) is 98.3 cm³/mol. The van der Waals surface area contributed by atoms with Crippen LogP contribution in [0.4, 0.5) is 11.5 Å². The summed E-state index contributed by atoms with van der Waals surface area (Å²) in [6.07, 6.45) is 3.06. The number of piperazine rings is 1. The van der Waals surface area contributed by atoms with Gasteiger partial charge in [-0.15, -0.1) is 0 Å². The molecule has 1 aliphatic rings. The van der Waals surface area contributed by atoms with Crippen LogP contribution in [-0.2, 0) is 0 Å². The molecule has 2 aromatic rings. The van der Waals surface area contributed by atoms with Gasteiger partial charge in [0.25, 0.3) is 5.91 Å². The molecule has 1 N–H and O–H groups in total. The second-order valence-corrected chi connectivity index (χ2v) is 6.08. The fraction of sp³-hybridized carbons (Fsp3) is 0.389. The number of aromatic nitrogens is 2. The van der Waals surface area contributed by atoms with E-state index >= 15 is 0 Å². The van der Waals surface area contributed by atoms with E-state index in [0.717, 1.165) is 18.8 Å². The number of methoxy groups -OCH3 is 2. The monoisotopic (exact) mass is 357 g/mol. The van der Waals surface area contributed by atoms with Crippen molar-refractivity contribution in [3.63, 3.8) is 0 Å². The van der Waals surface area contributed by atoms with Gasteiger partial charge in [0.05, 0.1) is 26.6 Å². The smallest absolute Gasteiger partial charge is 0.274 e. The Morgan fingerprint density at radius 2 is 1.77 bits per heavy atom. The number of nitrogens with zero attached hydrogens (tertiary/aromatic N) is 4. The summed E-state index contributed by atoms with van der Waals surface area (Å²) in [5, 5.41) is 3.14. The normalized spacial score (nSPS) is 14.8. The van der Waals surface area contributed by atoms with E-state index in [1.807, 2.05) is 17.0 Å². The highest BCUT2D eigenvalue weighted by atomic mass is 16.5. The number of hydrogen-bond donors (Lipinski definition) is 1. The Hall–Kier alpha value is -2.87. The SMILES string of the molecule is COc1ccc(Nc2cnc(C(=O)N3CCN(C)CC3)cn2)cc1OC. The fourth-order valence-corrected chi connectivity index (χ4v) is 2.74. The predicted octanol–water partition coefficient (Wildman–Crippen LogP) is 1.62.